The van der Waals surface area contributed by atoms with Crippen LogP contribution in [0, 0.1) is 0 Å². The molecule has 19 heteroatoms. The fraction of sp³-hybridized carbons (Fsp3) is 0.457. The number of unbranched alkanes of at least 4 members (excludes halogenated alkanes) is 3. The first kappa shape index (κ1) is 43.8. The van der Waals surface area contributed by atoms with E-state index in [1.807, 2.05) is 21.4 Å². The second kappa shape index (κ2) is 24.7. The number of hydrogen-bond donors (Lipinski definition) is 6. The van der Waals surface area contributed by atoms with Crippen LogP contribution < -0.4 is 10.6 Å². The van der Waals surface area contributed by atoms with E-state index in [1.165, 1.54) is 11.3 Å². The Morgan fingerprint density at radius 1 is 0.815 bits per heavy atom. The number of thiophene rings is 1. The normalized spacial score (nSPS) is 11.6. The lowest BCUT2D eigenvalue weighted by atomic mass is 10.1. The standard InChI is InChI=1S/C35H48N6O12S/c1-2-3-8-31-36-21-30(20-29(19-27-13-18-54-25-27)35(45)38-23-33(43)51-15-5-7-17-53-41(48)49)39(31)24-26-9-11-28(12-10-26)34(44)37-22-32(42)50-14-4-6-16-52-40(46)47/h9-13,18,20-21,25,46-49H,2-8,14-17,19,22-24H2,1H3,(H,37,44)(H,38,45)/b29-20+. The number of carbonyl (C=O) groups is 4. The van der Waals surface area contributed by atoms with Crippen molar-refractivity contribution >= 4 is 41.2 Å². The molecule has 296 valence electrons. The molecular formula is C35H48N6O12S. The van der Waals surface area contributed by atoms with Crippen LogP contribution >= 0.6 is 11.3 Å². The Morgan fingerprint density at radius 3 is 2.00 bits per heavy atom. The molecule has 0 fully saturated rings. The van der Waals surface area contributed by atoms with Gasteiger partial charge in [-0.3, -0.25) is 49.7 Å². The van der Waals surface area contributed by atoms with Gasteiger partial charge in [0.2, 0.25) is 5.91 Å². The number of amides is 2. The summed E-state index contributed by atoms with van der Waals surface area (Å²) in [5.41, 5.74) is 3.25. The summed E-state index contributed by atoms with van der Waals surface area (Å²) in [5.74, 6) is -1.29. The van der Waals surface area contributed by atoms with Crippen LogP contribution in [0.15, 0.2) is 52.9 Å². The molecule has 2 amide bonds. The topological polar surface area (TPSA) is 234 Å². The Morgan fingerprint density at radius 2 is 1.43 bits per heavy atom. The van der Waals surface area contributed by atoms with Crippen LogP contribution in [-0.4, -0.2) is 104 Å². The summed E-state index contributed by atoms with van der Waals surface area (Å²) in [7, 11) is 0. The number of nitrogens with zero attached hydrogens (tertiary/aromatic N) is 4. The van der Waals surface area contributed by atoms with E-state index in [1.54, 1.807) is 36.5 Å². The molecular weight excluding hydrogens is 728 g/mol. The monoisotopic (exact) mass is 776 g/mol. The third-order valence-electron chi connectivity index (χ3n) is 7.67. The molecule has 54 heavy (non-hydrogen) atoms. The highest BCUT2D eigenvalue weighted by atomic mass is 32.1. The predicted octanol–water partition coefficient (Wildman–Crippen LogP) is 3.48. The minimum atomic E-state index is -0.618. The van der Waals surface area contributed by atoms with E-state index in [0.717, 1.165) is 29.8 Å². The van der Waals surface area contributed by atoms with E-state index in [2.05, 4.69) is 32.2 Å². The van der Waals surface area contributed by atoms with E-state index in [4.69, 9.17) is 30.3 Å². The fourth-order valence-corrected chi connectivity index (χ4v) is 5.56. The van der Waals surface area contributed by atoms with Crippen LogP contribution in [0.4, 0.5) is 0 Å². The van der Waals surface area contributed by atoms with Crippen LogP contribution in [0.2, 0.25) is 0 Å². The number of ether oxygens (including phenoxy) is 2. The lowest BCUT2D eigenvalue weighted by Crippen LogP contribution is -2.32. The first-order chi connectivity index (χ1) is 26.0. The van der Waals surface area contributed by atoms with Crippen LogP contribution in [0.3, 0.4) is 0 Å². The minimum Gasteiger partial charge on any atom is -0.464 e. The van der Waals surface area contributed by atoms with Gasteiger partial charge in [0.15, 0.2) is 0 Å². The number of esters is 2. The molecule has 6 N–H and O–H groups in total. The Labute approximate surface area is 316 Å². The summed E-state index contributed by atoms with van der Waals surface area (Å²) < 4.78 is 12.2. The van der Waals surface area contributed by atoms with Crippen molar-refractivity contribution in [2.45, 2.75) is 64.8 Å². The number of benzene rings is 1. The molecule has 18 nitrogen and oxygen atoms in total. The molecule has 0 radical (unpaired) electrons. The lowest BCUT2D eigenvalue weighted by molar-refractivity contribution is -0.492. The zero-order valence-electron chi connectivity index (χ0n) is 30.1. The summed E-state index contributed by atoms with van der Waals surface area (Å²) in [5, 5.41) is 42.4. The summed E-state index contributed by atoms with van der Waals surface area (Å²) in [6, 6.07) is 8.83. The predicted molar refractivity (Wildman–Crippen MR) is 191 cm³/mol. The fourth-order valence-electron chi connectivity index (χ4n) is 4.89. The zero-order chi connectivity index (χ0) is 39.1. The van der Waals surface area contributed by atoms with Crippen molar-refractivity contribution in [3.05, 3.63) is 81.1 Å². The second-order valence-electron chi connectivity index (χ2n) is 11.9. The molecule has 0 saturated heterocycles. The highest BCUT2D eigenvalue weighted by Gasteiger charge is 2.17. The molecule has 0 saturated carbocycles. The van der Waals surface area contributed by atoms with E-state index in [0.29, 0.717) is 61.9 Å². The first-order valence-corrected chi connectivity index (χ1v) is 18.3. The minimum absolute atomic E-state index is 0.0251. The molecule has 0 atom stereocenters. The number of hydrogen-bond acceptors (Lipinski definition) is 16. The number of carbonyl (C=O) groups excluding carboxylic acids is 4. The van der Waals surface area contributed by atoms with E-state index >= 15 is 0 Å². The maximum Gasteiger partial charge on any atom is 0.325 e. The van der Waals surface area contributed by atoms with Gasteiger partial charge in [-0.25, -0.2) is 4.98 Å². The van der Waals surface area contributed by atoms with E-state index < -0.39 is 23.8 Å². The summed E-state index contributed by atoms with van der Waals surface area (Å²) in [4.78, 5) is 64.0. The van der Waals surface area contributed by atoms with Crippen molar-refractivity contribution < 1.29 is 59.2 Å². The summed E-state index contributed by atoms with van der Waals surface area (Å²) in [6.07, 6.45) is 8.04. The van der Waals surface area contributed by atoms with Crippen molar-refractivity contribution in [2.75, 3.05) is 39.5 Å². The Bertz CT molecular complexity index is 1610. The molecule has 0 unspecified atom stereocenters. The van der Waals surface area contributed by atoms with Crippen LogP contribution in [0.1, 0.15) is 78.5 Å². The van der Waals surface area contributed by atoms with Gasteiger partial charge in [0, 0.05) is 30.5 Å². The van der Waals surface area contributed by atoms with Gasteiger partial charge in [0.05, 0.1) is 49.1 Å². The van der Waals surface area contributed by atoms with E-state index in [9.17, 15) is 19.2 Å². The summed E-state index contributed by atoms with van der Waals surface area (Å²) >= 11 is 1.51. The summed E-state index contributed by atoms with van der Waals surface area (Å²) in [6.45, 7) is 2.04. The molecule has 0 bridgehead atoms. The average Bonchev–Trinajstić information content (AvgIpc) is 3.81. The molecule has 3 rings (SSSR count). The molecule has 0 aliphatic carbocycles. The lowest BCUT2D eigenvalue weighted by Gasteiger charge is -2.13. The Hall–Kier alpha value is -4.57. The maximum atomic E-state index is 13.4. The average molecular weight is 777 g/mol. The maximum absolute atomic E-state index is 13.4. The van der Waals surface area contributed by atoms with E-state index in [-0.39, 0.29) is 50.3 Å². The quantitative estimate of drug-likeness (QED) is 0.0296. The number of aromatic nitrogens is 2. The SMILES string of the molecule is CCCCc1ncc(/C=C(\Cc2ccsc2)C(=O)NCC(=O)OCCCCON(O)O)n1Cc1ccc(C(=O)NCC(=O)OCCCCON(O)O)cc1. The van der Waals surface area contributed by atoms with Gasteiger partial charge < -0.3 is 24.7 Å². The highest BCUT2D eigenvalue weighted by Crippen LogP contribution is 2.19. The number of aryl methyl sites for hydroxylation is 1. The molecule has 1 aromatic carbocycles. The van der Waals surface area contributed by atoms with Crippen molar-refractivity contribution in [3.8, 4) is 0 Å². The third-order valence-corrected chi connectivity index (χ3v) is 8.40. The van der Waals surface area contributed by atoms with Gasteiger partial charge in [-0.15, -0.1) is 0 Å². The van der Waals surface area contributed by atoms with Crippen molar-refractivity contribution in [3.63, 3.8) is 0 Å². The van der Waals surface area contributed by atoms with Crippen LogP contribution in [0.25, 0.3) is 6.08 Å². The Balaban J connectivity index is 1.64. The number of nitrogens with one attached hydrogen (secondary N) is 2. The largest absolute Gasteiger partial charge is 0.464 e. The van der Waals surface area contributed by atoms with Crippen LogP contribution in [-0.2, 0) is 52.9 Å². The van der Waals surface area contributed by atoms with Gasteiger partial charge in [-0.2, -0.15) is 11.3 Å². The van der Waals surface area contributed by atoms with Crippen molar-refractivity contribution in [1.82, 2.24) is 31.0 Å². The first-order valence-electron chi connectivity index (χ1n) is 17.4. The molecule has 0 aliphatic rings. The molecule has 3 aromatic rings. The van der Waals surface area contributed by atoms with Gasteiger partial charge in [-0.1, -0.05) is 25.5 Å². The number of rotatable bonds is 26. The third kappa shape index (κ3) is 17.1. The molecule has 2 heterocycles. The van der Waals surface area contributed by atoms with Crippen molar-refractivity contribution in [2.24, 2.45) is 0 Å². The van der Waals surface area contributed by atoms with Gasteiger partial charge >= 0.3 is 11.9 Å². The molecule has 0 spiro atoms. The van der Waals surface area contributed by atoms with Crippen molar-refractivity contribution in [1.29, 1.82) is 0 Å². The Kier molecular flexibility index (Phi) is 20.0. The zero-order valence-corrected chi connectivity index (χ0v) is 30.9. The second-order valence-corrected chi connectivity index (χ2v) is 12.6. The highest BCUT2D eigenvalue weighted by molar-refractivity contribution is 7.07. The van der Waals surface area contributed by atoms with Gasteiger partial charge in [-0.05, 0) is 78.3 Å². The van der Waals surface area contributed by atoms with Gasteiger partial charge in [0.1, 0.15) is 18.9 Å². The number of imidazole rings is 1. The molecule has 0 aliphatic heterocycles. The molecule has 2 aromatic heterocycles. The van der Waals surface area contributed by atoms with Crippen LogP contribution in [0.5, 0.6) is 0 Å². The smallest absolute Gasteiger partial charge is 0.325 e. The van der Waals surface area contributed by atoms with Gasteiger partial charge in [0.25, 0.3) is 5.91 Å².